The van der Waals surface area contributed by atoms with Crippen LogP contribution >= 0.6 is 0 Å². The zero-order valence-corrected chi connectivity index (χ0v) is 17.4. The van der Waals surface area contributed by atoms with Gasteiger partial charge in [-0.25, -0.2) is 17.2 Å². The summed E-state index contributed by atoms with van der Waals surface area (Å²) in [5.74, 6) is -2.76. The highest BCUT2D eigenvalue weighted by Crippen LogP contribution is 2.29. The number of pyridine rings is 1. The van der Waals surface area contributed by atoms with Crippen molar-refractivity contribution in [1.29, 1.82) is 0 Å². The number of sulfonamides is 1. The molecule has 170 valence electrons. The first kappa shape index (κ1) is 22.4. The van der Waals surface area contributed by atoms with Gasteiger partial charge in [0, 0.05) is 23.5 Å². The Balaban J connectivity index is 1.72. The first-order chi connectivity index (χ1) is 15.8. The molecule has 0 aliphatic carbocycles. The van der Waals surface area contributed by atoms with Gasteiger partial charge in [0.25, 0.3) is 15.9 Å². The maximum Gasteiger partial charge on any atom is 0.314 e. The van der Waals surface area contributed by atoms with Gasteiger partial charge < -0.3 is 4.42 Å². The maximum absolute atomic E-state index is 14.9. The number of halogens is 4. The van der Waals surface area contributed by atoms with Gasteiger partial charge in [-0.15, -0.1) is 10.2 Å². The highest BCUT2D eigenvalue weighted by molar-refractivity contribution is 7.92. The van der Waals surface area contributed by atoms with Crippen molar-refractivity contribution in [2.45, 2.75) is 17.9 Å². The van der Waals surface area contributed by atoms with Crippen molar-refractivity contribution in [2.24, 2.45) is 0 Å². The van der Waals surface area contributed by atoms with E-state index < -0.39 is 40.5 Å². The summed E-state index contributed by atoms with van der Waals surface area (Å²) < 4.78 is 86.2. The summed E-state index contributed by atoms with van der Waals surface area (Å²) in [5, 5.41) is 6.65. The van der Waals surface area contributed by atoms with E-state index in [0.717, 1.165) is 28.7 Å². The van der Waals surface area contributed by atoms with Gasteiger partial charge in [0.15, 0.2) is 0 Å². The molecule has 0 saturated carbocycles. The summed E-state index contributed by atoms with van der Waals surface area (Å²) in [4.78, 5) is 3.63. The second-order valence-electron chi connectivity index (χ2n) is 6.73. The number of nitrogens with zero attached hydrogens (tertiary/aromatic N) is 4. The normalized spacial score (nSPS) is 11.7. The molecule has 0 aliphatic rings. The Bertz CT molecular complexity index is 1380. The Morgan fingerprint density at radius 2 is 1.82 bits per heavy atom. The summed E-state index contributed by atoms with van der Waals surface area (Å²) in [6.45, 7) is -0.487. The van der Waals surface area contributed by atoms with E-state index in [1.165, 1.54) is 42.6 Å². The highest BCUT2D eigenvalue weighted by Gasteiger charge is 2.27. The lowest BCUT2D eigenvalue weighted by Crippen LogP contribution is -2.31. The van der Waals surface area contributed by atoms with Crippen molar-refractivity contribution in [3.63, 3.8) is 0 Å². The van der Waals surface area contributed by atoms with E-state index in [2.05, 4.69) is 15.2 Å². The molecule has 0 amide bonds. The zero-order valence-electron chi connectivity index (χ0n) is 16.6. The predicted octanol–water partition coefficient (Wildman–Crippen LogP) is 4.74. The summed E-state index contributed by atoms with van der Waals surface area (Å²) in [6, 6.07) is 11.1. The number of aromatic nitrogens is 3. The van der Waals surface area contributed by atoms with Crippen molar-refractivity contribution >= 4 is 15.7 Å². The van der Waals surface area contributed by atoms with E-state index in [1.807, 2.05) is 0 Å². The smallest absolute Gasteiger partial charge is 0.314 e. The van der Waals surface area contributed by atoms with Gasteiger partial charge in [0.1, 0.15) is 16.5 Å². The molecule has 33 heavy (non-hydrogen) atoms. The van der Waals surface area contributed by atoms with Crippen molar-refractivity contribution in [1.82, 2.24) is 15.2 Å². The average molecular weight is 478 g/mol. The molecular formula is C21H14F4N4O3S. The van der Waals surface area contributed by atoms with E-state index >= 15 is 0 Å². The molecule has 4 rings (SSSR count). The largest absolute Gasteiger partial charge is 0.415 e. The number of hydrogen-bond donors (Lipinski definition) is 0. The van der Waals surface area contributed by atoms with Crippen LogP contribution in [0.15, 0.2) is 76.3 Å². The number of benzene rings is 2. The van der Waals surface area contributed by atoms with Crippen LogP contribution in [0.3, 0.4) is 0 Å². The summed E-state index contributed by atoms with van der Waals surface area (Å²) in [5.41, 5.74) is -0.0621. The first-order valence-electron chi connectivity index (χ1n) is 9.34. The van der Waals surface area contributed by atoms with Crippen molar-refractivity contribution in [3.05, 3.63) is 90.1 Å². The Kier molecular flexibility index (Phi) is 6.09. The summed E-state index contributed by atoms with van der Waals surface area (Å²) in [7, 11) is -4.24. The lowest BCUT2D eigenvalue weighted by Gasteiger charge is -2.25. The van der Waals surface area contributed by atoms with Gasteiger partial charge in [0.2, 0.25) is 5.89 Å². The predicted molar refractivity (Wildman–Crippen MR) is 109 cm³/mol. The quantitative estimate of drug-likeness (QED) is 0.357. The molecule has 7 nitrogen and oxygen atoms in total. The molecule has 12 heteroatoms. The fourth-order valence-electron chi connectivity index (χ4n) is 2.98. The molecule has 0 N–H and O–H groups in total. The third-order valence-corrected chi connectivity index (χ3v) is 6.32. The Hall–Kier alpha value is -3.80. The molecule has 0 spiro atoms. The van der Waals surface area contributed by atoms with Gasteiger partial charge in [0.05, 0.1) is 12.2 Å². The van der Waals surface area contributed by atoms with Gasteiger partial charge in [-0.2, -0.15) is 8.78 Å². The third kappa shape index (κ3) is 4.70. The van der Waals surface area contributed by atoms with Gasteiger partial charge in [-0.1, -0.05) is 12.1 Å². The maximum atomic E-state index is 14.9. The number of rotatable bonds is 7. The molecule has 0 atom stereocenters. The molecule has 0 saturated heterocycles. The Labute approximate surface area is 185 Å². The SMILES string of the molecule is O=S(=O)(c1cccnc1)N(Cc1ccc(-c2nnc(C(F)F)o2)cc1F)c1cccc(F)c1. The lowest BCUT2D eigenvalue weighted by molar-refractivity contribution is 0.116. The number of hydrogen-bond acceptors (Lipinski definition) is 6. The fraction of sp³-hybridized carbons (Fsp3) is 0.0952. The number of anilines is 1. The minimum Gasteiger partial charge on any atom is -0.415 e. The molecule has 2 aromatic carbocycles. The van der Waals surface area contributed by atoms with Crippen LogP contribution in [0.2, 0.25) is 0 Å². The van der Waals surface area contributed by atoms with Crippen LogP contribution in [-0.2, 0) is 16.6 Å². The second-order valence-corrected chi connectivity index (χ2v) is 8.59. The molecule has 0 bridgehead atoms. The van der Waals surface area contributed by atoms with Crippen molar-refractivity contribution in [3.8, 4) is 11.5 Å². The van der Waals surface area contributed by atoms with Crippen LogP contribution < -0.4 is 4.31 Å². The van der Waals surface area contributed by atoms with Gasteiger partial charge in [-0.05, 0) is 42.5 Å². The molecule has 0 fully saturated rings. The number of alkyl halides is 2. The molecule has 0 radical (unpaired) electrons. The van der Waals surface area contributed by atoms with E-state index in [-0.39, 0.29) is 27.6 Å². The van der Waals surface area contributed by atoms with Crippen LogP contribution in [0.25, 0.3) is 11.5 Å². The van der Waals surface area contributed by atoms with Gasteiger partial charge in [-0.3, -0.25) is 9.29 Å². The van der Waals surface area contributed by atoms with Crippen molar-refractivity contribution in [2.75, 3.05) is 4.31 Å². The topological polar surface area (TPSA) is 89.2 Å². The molecule has 4 aromatic rings. The van der Waals surface area contributed by atoms with Crippen LogP contribution in [0.4, 0.5) is 23.2 Å². The van der Waals surface area contributed by atoms with Gasteiger partial charge >= 0.3 is 6.43 Å². The summed E-state index contributed by atoms with van der Waals surface area (Å²) >= 11 is 0. The molecule has 2 heterocycles. The summed E-state index contributed by atoms with van der Waals surface area (Å²) in [6.07, 6.45) is -0.467. The highest BCUT2D eigenvalue weighted by atomic mass is 32.2. The minimum atomic E-state index is -4.24. The van der Waals surface area contributed by atoms with Crippen molar-refractivity contribution < 1.29 is 30.4 Å². The van der Waals surface area contributed by atoms with Crippen LogP contribution in [0.5, 0.6) is 0 Å². The fourth-order valence-corrected chi connectivity index (χ4v) is 4.38. The van der Waals surface area contributed by atoms with Crippen LogP contribution in [0, 0.1) is 11.6 Å². The monoisotopic (exact) mass is 478 g/mol. The van der Waals surface area contributed by atoms with E-state index in [4.69, 9.17) is 4.42 Å². The molecule has 2 aromatic heterocycles. The average Bonchev–Trinajstić information content (AvgIpc) is 3.29. The zero-order chi connectivity index (χ0) is 23.6. The first-order valence-corrected chi connectivity index (χ1v) is 10.8. The molecule has 0 aliphatic heterocycles. The molecule has 0 unspecified atom stereocenters. The van der Waals surface area contributed by atoms with E-state index in [1.54, 1.807) is 0 Å². The van der Waals surface area contributed by atoms with Crippen LogP contribution in [0.1, 0.15) is 17.9 Å². The standard InChI is InChI=1S/C21H14F4N4O3S/c22-15-3-1-4-16(10-15)29(33(30,31)17-5-2-8-26-11-17)12-14-7-6-13(9-18(14)23)20-27-28-21(32-20)19(24)25/h1-11,19H,12H2. The van der Waals surface area contributed by atoms with E-state index in [0.29, 0.717) is 0 Å². The Morgan fingerprint density at radius 3 is 2.45 bits per heavy atom. The van der Waals surface area contributed by atoms with E-state index in [9.17, 15) is 26.0 Å². The van der Waals surface area contributed by atoms with Crippen LogP contribution in [-0.4, -0.2) is 23.6 Å². The second kappa shape index (κ2) is 8.98. The third-order valence-electron chi connectivity index (χ3n) is 4.56. The Morgan fingerprint density at radius 1 is 1.00 bits per heavy atom. The molecular weight excluding hydrogens is 464 g/mol. The lowest BCUT2D eigenvalue weighted by atomic mass is 10.1. The minimum absolute atomic E-state index is 0.0270.